The molecule has 2 heteroatoms. The molecule has 1 aliphatic rings. The first-order chi connectivity index (χ1) is 5.69. The fourth-order valence-corrected chi connectivity index (χ4v) is 1.75. The highest BCUT2D eigenvalue weighted by Crippen LogP contribution is 2.17. The van der Waals surface area contributed by atoms with Crippen molar-refractivity contribution < 1.29 is 0 Å². The molecule has 68 valence electrons. The second kappa shape index (κ2) is 3.85. The van der Waals surface area contributed by atoms with Gasteiger partial charge in [0.1, 0.15) is 0 Å². The highest BCUT2D eigenvalue weighted by atomic mass is 15.2. The topological polar surface area (TPSA) is 15.6 Å². The molecule has 1 aliphatic heterocycles. The third kappa shape index (κ3) is 1.75. The van der Waals surface area contributed by atoms with E-state index in [1.54, 1.807) is 0 Å². The Kier molecular flexibility index (Phi) is 3.04. The van der Waals surface area contributed by atoms with Crippen LogP contribution >= 0.6 is 0 Å². The van der Waals surface area contributed by atoms with Gasteiger partial charge < -0.3 is 0 Å². The lowest BCUT2D eigenvalue weighted by Crippen LogP contribution is -2.41. The van der Waals surface area contributed by atoms with Crippen LogP contribution in [0.25, 0.3) is 0 Å². The fourth-order valence-electron chi connectivity index (χ4n) is 1.75. The van der Waals surface area contributed by atoms with Crippen molar-refractivity contribution in [1.29, 1.82) is 0 Å². The Hall–Kier alpha value is -0.630. The summed E-state index contributed by atoms with van der Waals surface area (Å²) >= 11 is 0. The van der Waals surface area contributed by atoms with Crippen LogP contribution in [0.4, 0.5) is 0 Å². The molecule has 0 fully saturated rings. The lowest BCUT2D eigenvalue weighted by molar-refractivity contribution is 0.232. The Morgan fingerprint density at radius 2 is 2.42 bits per heavy atom. The molecular formula is C10H18N2. The predicted molar refractivity (Wildman–Crippen MR) is 53.8 cm³/mol. The summed E-state index contributed by atoms with van der Waals surface area (Å²) in [6.45, 7) is 12.3. The van der Waals surface area contributed by atoms with Gasteiger partial charge in [-0.3, -0.25) is 9.89 Å². The molecule has 12 heavy (non-hydrogen) atoms. The Balaban J connectivity index is 2.74. The number of nitrogens with zero attached hydrogens (tertiary/aromatic N) is 2. The van der Waals surface area contributed by atoms with Crippen molar-refractivity contribution in [2.24, 2.45) is 4.99 Å². The zero-order valence-corrected chi connectivity index (χ0v) is 8.25. The Morgan fingerprint density at radius 1 is 1.75 bits per heavy atom. The van der Waals surface area contributed by atoms with Gasteiger partial charge in [-0.1, -0.05) is 18.6 Å². The maximum Gasteiger partial charge on any atom is 0.0826 e. The van der Waals surface area contributed by atoms with E-state index in [0.717, 1.165) is 13.1 Å². The number of likely N-dealkylation sites (N-methyl/N-ethyl adjacent to an activating group) is 1. The molecule has 0 N–H and O–H groups in total. The standard InChI is InChI=1S/C10H18N2/c1-5-12-7-10(11-4)8(2)6-9(12)3/h6,9-10H,4-5,7H2,1-3H3. The van der Waals surface area contributed by atoms with E-state index < -0.39 is 0 Å². The summed E-state index contributed by atoms with van der Waals surface area (Å²) in [6, 6.07) is 0.883. The summed E-state index contributed by atoms with van der Waals surface area (Å²) in [4.78, 5) is 6.51. The molecule has 1 rings (SSSR count). The van der Waals surface area contributed by atoms with Gasteiger partial charge in [0.2, 0.25) is 0 Å². The Bertz CT molecular complexity index is 196. The van der Waals surface area contributed by atoms with Crippen LogP contribution in [0, 0.1) is 0 Å². The lowest BCUT2D eigenvalue weighted by atomic mass is 10.0. The molecule has 0 aromatic carbocycles. The van der Waals surface area contributed by atoms with Crippen molar-refractivity contribution in [2.75, 3.05) is 13.1 Å². The first-order valence-electron chi connectivity index (χ1n) is 4.57. The van der Waals surface area contributed by atoms with E-state index >= 15 is 0 Å². The predicted octanol–water partition coefficient (Wildman–Crippen LogP) is 1.73. The Labute approximate surface area is 75.0 Å². The Morgan fingerprint density at radius 3 is 2.92 bits per heavy atom. The van der Waals surface area contributed by atoms with Gasteiger partial charge in [-0.05, 0) is 27.1 Å². The van der Waals surface area contributed by atoms with E-state index in [1.165, 1.54) is 5.57 Å². The first-order valence-corrected chi connectivity index (χ1v) is 4.57. The number of hydrogen-bond donors (Lipinski definition) is 0. The summed E-state index contributed by atoms with van der Waals surface area (Å²) in [6.07, 6.45) is 2.28. The van der Waals surface area contributed by atoms with Crippen molar-refractivity contribution >= 4 is 6.72 Å². The van der Waals surface area contributed by atoms with Crippen LogP contribution in [0.5, 0.6) is 0 Å². The molecule has 0 spiro atoms. The zero-order chi connectivity index (χ0) is 9.14. The molecule has 1 heterocycles. The molecule has 0 aromatic heterocycles. The zero-order valence-electron chi connectivity index (χ0n) is 8.25. The molecule has 0 saturated carbocycles. The van der Waals surface area contributed by atoms with Crippen molar-refractivity contribution in [3.05, 3.63) is 11.6 Å². The van der Waals surface area contributed by atoms with Crippen LogP contribution < -0.4 is 0 Å². The molecule has 0 radical (unpaired) electrons. The van der Waals surface area contributed by atoms with Crippen molar-refractivity contribution in [2.45, 2.75) is 32.9 Å². The minimum absolute atomic E-state index is 0.321. The molecule has 0 saturated heterocycles. The van der Waals surface area contributed by atoms with Gasteiger partial charge >= 0.3 is 0 Å². The van der Waals surface area contributed by atoms with Gasteiger partial charge in [0.25, 0.3) is 0 Å². The van der Waals surface area contributed by atoms with Crippen molar-refractivity contribution in [3.63, 3.8) is 0 Å². The van der Waals surface area contributed by atoms with E-state index in [-0.39, 0.29) is 0 Å². The van der Waals surface area contributed by atoms with Gasteiger partial charge in [0, 0.05) is 12.6 Å². The molecule has 0 aliphatic carbocycles. The minimum Gasteiger partial charge on any atom is -0.295 e. The molecule has 2 atom stereocenters. The second-order valence-electron chi connectivity index (χ2n) is 3.44. The SMILES string of the molecule is C=NC1CN(CC)C(C)C=C1C. The molecule has 0 bridgehead atoms. The van der Waals surface area contributed by atoms with Gasteiger partial charge in [-0.25, -0.2) is 0 Å². The smallest absolute Gasteiger partial charge is 0.0826 e. The van der Waals surface area contributed by atoms with E-state index in [2.05, 4.69) is 43.5 Å². The van der Waals surface area contributed by atoms with Crippen LogP contribution in [-0.4, -0.2) is 36.8 Å². The van der Waals surface area contributed by atoms with Gasteiger partial charge in [0.15, 0.2) is 0 Å². The second-order valence-corrected chi connectivity index (χ2v) is 3.44. The number of rotatable bonds is 2. The van der Waals surface area contributed by atoms with Gasteiger partial charge in [0.05, 0.1) is 6.04 Å². The normalized spacial score (nSPS) is 31.4. The third-order valence-electron chi connectivity index (χ3n) is 2.64. The van der Waals surface area contributed by atoms with Gasteiger partial charge in [-0.15, -0.1) is 0 Å². The maximum absolute atomic E-state index is 4.10. The van der Waals surface area contributed by atoms with E-state index in [9.17, 15) is 0 Å². The molecule has 2 nitrogen and oxygen atoms in total. The van der Waals surface area contributed by atoms with Crippen LogP contribution in [0.15, 0.2) is 16.6 Å². The quantitative estimate of drug-likeness (QED) is 0.450. The minimum atomic E-state index is 0.321. The van der Waals surface area contributed by atoms with Crippen molar-refractivity contribution in [1.82, 2.24) is 4.90 Å². The van der Waals surface area contributed by atoms with E-state index in [0.29, 0.717) is 12.1 Å². The summed E-state index contributed by atoms with van der Waals surface area (Å²) in [5, 5.41) is 0. The maximum atomic E-state index is 4.10. The molecular weight excluding hydrogens is 148 g/mol. The summed E-state index contributed by atoms with van der Waals surface area (Å²) in [5.74, 6) is 0. The first kappa shape index (κ1) is 9.46. The largest absolute Gasteiger partial charge is 0.295 e. The molecule has 2 unspecified atom stereocenters. The molecule has 0 aromatic rings. The highest BCUT2D eigenvalue weighted by Gasteiger charge is 2.21. The van der Waals surface area contributed by atoms with Crippen LogP contribution in [0.1, 0.15) is 20.8 Å². The number of aliphatic imine (C=N–C) groups is 1. The van der Waals surface area contributed by atoms with E-state index in [4.69, 9.17) is 0 Å². The average Bonchev–Trinajstić information content (AvgIpc) is 2.05. The molecule has 0 amide bonds. The third-order valence-corrected chi connectivity index (χ3v) is 2.64. The van der Waals surface area contributed by atoms with Crippen LogP contribution in [-0.2, 0) is 0 Å². The summed E-state index contributed by atoms with van der Waals surface area (Å²) in [7, 11) is 0. The fraction of sp³-hybridized carbons (Fsp3) is 0.700. The monoisotopic (exact) mass is 166 g/mol. The number of hydrogen-bond acceptors (Lipinski definition) is 2. The van der Waals surface area contributed by atoms with Crippen molar-refractivity contribution in [3.8, 4) is 0 Å². The van der Waals surface area contributed by atoms with E-state index in [1.807, 2.05) is 0 Å². The highest BCUT2D eigenvalue weighted by molar-refractivity contribution is 5.29. The summed E-state index contributed by atoms with van der Waals surface area (Å²) in [5.41, 5.74) is 1.36. The summed E-state index contributed by atoms with van der Waals surface area (Å²) < 4.78 is 0. The van der Waals surface area contributed by atoms with Crippen LogP contribution in [0.3, 0.4) is 0 Å². The van der Waals surface area contributed by atoms with Crippen LogP contribution in [0.2, 0.25) is 0 Å². The average molecular weight is 166 g/mol. The van der Waals surface area contributed by atoms with Gasteiger partial charge in [-0.2, -0.15) is 0 Å². The lowest BCUT2D eigenvalue weighted by Gasteiger charge is -2.33.